The molecule has 0 fully saturated rings. The fraction of sp³-hybridized carbons (Fsp3) is 0.167. The highest BCUT2D eigenvalue weighted by Gasteiger charge is 2.13. The minimum atomic E-state index is -0.444. The van der Waals surface area contributed by atoms with E-state index in [-0.39, 0.29) is 0 Å². The molecule has 0 atom stereocenters. The molecule has 0 bridgehead atoms. The summed E-state index contributed by atoms with van der Waals surface area (Å²) in [7, 11) is 1.33. The fourth-order valence-corrected chi connectivity index (χ4v) is 1.65. The molecule has 1 aromatic carbocycles. The number of benzene rings is 1. The smallest absolute Gasteiger partial charge is 0.358 e. The zero-order valence-corrected chi connectivity index (χ0v) is 10.2. The van der Waals surface area contributed by atoms with Gasteiger partial charge < -0.3 is 4.74 Å². The van der Waals surface area contributed by atoms with Crippen molar-refractivity contribution < 1.29 is 9.53 Å². The molecule has 5 heteroatoms. The molecule has 0 aliphatic heterocycles. The van der Waals surface area contributed by atoms with Gasteiger partial charge in [0.25, 0.3) is 0 Å². The maximum absolute atomic E-state index is 11.3. The molecular formula is C12H11ClN2O2. The molecule has 2 aromatic rings. The minimum Gasteiger partial charge on any atom is -0.464 e. The van der Waals surface area contributed by atoms with Gasteiger partial charge in [0.2, 0.25) is 0 Å². The minimum absolute atomic E-state index is 0.292. The van der Waals surface area contributed by atoms with E-state index in [2.05, 4.69) is 9.84 Å². The Morgan fingerprint density at radius 1 is 1.35 bits per heavy atom. The number of carbonyl (C=O) groups excluding carboxylic acids is 1. The first kappa shape index (κ1) is 11.7. The van der Waals surface area contributed by atoms with Crippen LogP contribution in [0, 0.1) is 6.92 Å². The molecule has 1 aromatic heterocycles. The van der Waals surface area contributed by atoms with E-state index in [1.54, 1.807) is 22.9 Å². The molecule has 0 amide bonds. The number of halogens is 1. The fourth-order valence-electron chi connectivity index (χ4n) is 1.52. The van der Waals surface area contributed by atoms with Crippen LogP contribution in [0.4, 0.5) is 0 Å². The molecule has 0 N–H and O–H groups in total. The number of ether oxygens (including phenoxy) is 1. The zero-order valence-electron chi connectivity index (χ0n) is 9.48. The van der Waals surface area contributed by atoms with Gasteiger partial charge >= 0.3 is 5.97 Å². The second kappa shape index (κ2) is 4.59. The summed E-state index contributed by atoms with van der Waals surface area (Å²) in [5.74, 6) is -0.444. The Morgan fingerprint density at radius 2 is 2.00 bits per heavy atom. The predicted octanol–water partition coefficient (Wildman–Crippen LogP) is 2.62. The van der Waals surface area contributed by atoms with E-state index >= 15 is 0 Å². The summed E-state index contributed by atoms with van der Waals surface area (Å²) in [4.78, 5) is 11.3. The van der Waals surface area contributed by atoms with Crippen LogP contribution in [0.5, 0.6) is 0 Å². The van der Waals surface area contributed by atoms with Crippen LogP contribution in [-0.2, 0) is 4.74 Å². The molecule has 2 rings (SSSR count). The van der Waals surface area contributed by atoms with E-state index < -0.39 is 5.97 Å². The van der Waals surface area contributed by atoms with Crippen LogP contribution in [-0.4, -0.2) is 22.9 Å². The normalized spacial score (nSPS) is 10.3. The number of aromatic nitrogens is 2. The molecule has 1 heterocycles. The highest BCUT2D eigenvalue weighted by molar-refractivity contribution is 6.30. The van der Waals surface area contributed by atoms with Crippen molar-refractivity contribution >= 4 is 17.6 Å². The number of hydrogen-bond acceptors (Lipinski definition) is 3. The summed E-state index contributed by atoms with van der Waals surface area (Å²) in [6.45, 7) is 1.87. The van der Waals surface area contributed by atoms with Crippen molar-refractivity contribution in [2.75, 3.05) is 7.11 Å². The first-order valence-electron chi connectivity index (χ1n) is 5.03. The quantitative estimate of drug-likeness (QED) is 0.770. The van der Waals surface area contributed by atoms with Gasteiger partial charge in [-0.25, -0.2) is 9.48 Å². The van der Waals surface area contributed by atoms with E-state index in [0.717, 1.165) is 11.4 Å². The van der Waals surface area contributed by atoms with Gasteiger partial charge in [0.1, 0.15) is 0 Å². The van der Waals surface area contributed by atoms with E-state index in [9.17, 15) is 4.79 Å². The Morgan fingerprint density at radius 3 is 2.59 bits per heavy atom. The first-order chi connectivity index (χ1) is 8.11. The lowest BCUT2D eigenvalue weighted by molar-refractivity contribution is 0.0593. The van der Waals surface area contributed by atoms with Gasteiger partial charge in [-0.15, -0.1) is 0 Å². The van der Waals surface area contributed by atoms with Crippen molar-refractivity contribution in [2.24, 2.45) is 0 Å². The highest BCUT2D eigenvalue weighted by atomic mass is 35.5. The summed E-state index contributed by atoms with van der Waals surface area (Å²) in [5.41, 5.74) is 2.00. The molecule has 17 heavy (non-hydrogen) atoms. The largest absolute Gasteiger partial charge is 0.464 e. The van der Waals surface area contributed by atoms with Crippen molar-refractivity contribution in [1.29, 1.82) is 0 Å². The molecule has 4 nitrogen and oxygen atoms in total. The van der Waals surface area contributed by atoms with Gasteiger partial charge in [-0.3, -0.25) is 0 Å². The van der Waals surface area contributed by atoms with Crippen LogP contribution in [0.15, 0.2) is 30.3 Å². The van der Waals surface area contributed by atoms with Crippen LogP contribution >= 0.6 is 11.6 Å². The van der Waals surface area contributed by atoms with Gasteiger partial charge in [0, 0.05) is 10.7 Å². The van der Waals surface area contributed by atoms with Crippen molar-refractivity contribution in [2.45, 2.75) is 6.92 Å². The van der Waals surface area contributed by atoms with Crippen molar-refractivity contribution in [3.05, 3.63) is 46.7 Å². The Balaban J connectivity index is 2.42. The number of carbonyl (C=O) groups is 1. The molecule has 0 aliphatic carbocycles. The third-order valence-electron chi connectivity index (χ3n) is 2.35. The summed E-state index contributed by atoms with van der Waals surface area (Å²) in [5, 5.41) is 4.84. The molecule has 0 saturated heterocycles. The lowest BCUT2D eigenvalue weighted by Gasteiger charge is -2.03. The molecule has 0 aliphatic rings. The third-order valence-corrected chi connectivity index (χ3v) is 2.61. The lowest BCUT2D eigenvalue weighted by atomic mass is 10.3. The van der Waals surface area contributed by atoms with E-state index in [1.807, 2.05) is 19.1 Å². The van der Waals surface area contributed by atoms with Gasteiger partial charge in [-0.05, 0) is 37.3 Å². The van der Waals surface area contributed by atoms with Gasteiger partial charge in [-0.1, -0.05) is 11.6 Å². The van der Waals surface area contributed by atoms with Crippen LogP contribution in [0.25, 0.3) is 5.69 Å². The number of rotatable bonds is 2. The maximum Gasteiger partial charge on any atom is 0.358 e. The van der Waals surface area contributed by atoms with Crippen molar-refractivity contribution in [3.8, 4) is 5.69 Å². The van der Waals surface area contributed by atoms with Crippen LogP contribution in [0.3, 0.4) is 0 Å². The average Bonchev–Trinajstić information content (AvgIpc) is 2.71. The molecule has 0 spiro atoms. The maximum atomic E-state index is 11.3. The second-order valence-corrected chi connectivity index (χ2v) is 3.99. The Hall–Kier alpha value is -1.81. The molecule has 88 valence electrons. The summed E-state index contributed by atoms with van der Waals surface area (Å²) < 4.78 is 6.29. The van der Waals surface area contributed by atoms with E-state index in [4.69, 9.17) is 11.6 Å². The monoisotopic (exact) mass is 250 g/mol. The number of aryl methyl sites for hydroxylation is 1. The Labute approximate surface area is 104 Å². The van der Waals surface area contributed by atoms with Crippen molar-refractivity contribution in [1.82, 2.24) is 9.78 Å². The summed E-state index contributed by atoms with van der Waals surface area (Å²) in [6, 6.07) is 8.90. The first-order valence-corrected chi connectivity index (χ1v) is 5.40. The highest BCUT2D eigenvalue weighted by Crippen LogP contribution is 2.15. The van der Waals surface area contributed by atoms with Gasteiger partial charge in [0.05, 0.1) is 12.8 Å². The number of hydrogen-bond donors (Lipinski definition) is 0. The second-order valence-electron chi connectivity index (χ2n) is 3.55. The standard InChI is InChI=1S/C12H11ClN2O2/c1-8-7-11(12(16)17-2)14-15(8)10-5-3-9(13)4-6-10/h3-7H,1-2H3. The summed E-state index contributed by atoms with van der Waals surface area (Å²) >= 11 is 5.81. The lowest BCUT2D eigenvalue weighted by Crippen LogP contribution is -2.04. The SMILES string of the molecule is COC(=O)c1cc(C)n(-c2ccc(Cl)cc2)n1. The molecule has 0 radical (unpaired) electrons. The van der Waals surface area contributed by atoms with E-state index in [1.165, 1.54) is 7.11 Å². The number of nitrogens with zero attached hydrogens (tertiary/aromatic N) is 2. The summed E-state index contributed by atoms with van der Waals surface area (Å²) in [6.07, 6.45) is 0. The molecule has 0 saturated carbocycles. The topological polar surface area (TPSA) is 44.1 Å². The molecule has 0 unspecified atom stereocenters. The van der Waals surface area contributed by atoms with Gasteiger partial charge in [-0.2, -0.15) is 5.10 Å². The third kappa shape index (κ3) is 2.31. The van der Waals surface area contributed by atoms with E-state index in [0.29, 0.717) is 10.7 Å². The van der Waals surface area contributed by atoms with Gasteiger partial charge in [0.15, 0.2) is 5.69 Å². The number of esters is 1. The van der Waals surface area contributed by atoms with Crippen LogP contribution in [0.2, 0.25) is 5.02 Å². The average molecular weight is 251 g/mol. The Bertz CT molecular complexity index is 546. The van der Waals surface area contributed by atoms with Crippen LogP contribution in [0.1, 0.15) is 16.2 Å². The number of methoxy groups -OCH3 is 1. The van der Waals surface area contributed by atoms with Crippen molar-refractivity contribution in [3.63, 3.8) is 0 Å². The molecular weight excluding hydrogens is 240 g/mol. The van der Waals surface area contributed by atoms with Crippen LogP contribution < -0.4 is 0 Å². The Kier molecular flexibility index (Phi) is 3.15. The zero-order chi connectivity index (χ0) is 12.4. The predicted molar refractivity (Wildman–Crippen MR) is 64.7 cm³/mol.